The van der Waals surface area contributed by atoms with Gasteiger partial charge in [0.15, 0.2) is 0 Å². The molecule has 2 unspecified atom stereocenters. The van der Waals surface area contributed by atoms with Crippen molar-refractivity contribution in [3.05, 3.63) is 35.6 Å². The summed E-state index contributed by atoms with van der Waals surface area (Å²) in [5, 5.41) is 9.99. The average molecular weight is 305 g/mol. The molecule has 0 aliphatic carbocycles. The van der Waals surface area contributed by atoms with E-state index in [4.69, 9.17) is 0 Å². The van der Waals surface area contributed by atoms with Crippen LogP contribution in [-0.2, 0) is 0 Å². The van der Waals surface area contributed by atoms with Crippen molar-refractivity contribution < 1.29 is 22.7 Å². The molecule has 1 aromatic rings. The lowest BCUT2D eigenvalue weighted by Crippen LogP contribution is -2.42. The first-order chi connectivity index (χ1) is 9.86. The van der Waals surface area contributed by atoms with Gasteiger partial charge >= 0.3 is 6.18 Å². The maximum absolute atomic E-state index is 13.1. The fourth-order valence-corrected chi connectivity index (χ4v) is 2.71. The minimum absolute atomic E-state index is 0.0145. The Labute approximate surface area is 121 Å². The lowest BCUT2D eigenvalue weighted by molar-refractivity contribution is -0.186. The van der Waals surface area contributed by atoms with Gasteiger partial charge in [-0.25, -0.2) is 4.39 Å². The van der Waals surface area contributed by atoms with Crippen LogP contribution in [0.3, 0.4) is 0 Å². The Bertz CT molecular complexity index is 463. The Kier molecular flexibility index (Phi) is 5.22. The molecule has 1 heterocycles. The zero-order valence-electron chi connectivity index (χ0n) is 11.6. The third kappa shape index (κ3) is 4.68. The van der Waals surface area contributed by atoms with Gasteiger partial charge in [-0.1, -0.05) is 12.1 Å². The van der Waals surface area contributed by atoms with Gasteiger partial charge in [-0.15, -0.1) is 0 Å². The summed E-state index contributed by atoms with van der Waals surface area (Å²) in [6.07, 6.45) is -4.02. The number of nitrogens with zero attached hydrogens (tertiary/aromatic N) is 1. The number of aliphatic hydroxyl groups is 1. The molecule has 21 heavy (non-hydrogen) atoms. The second kappa shape index (κ2) is 6.75. The van der Waals surface area contributed by atoms with Crippen LogP contribution in [0.5, 0.6) is 0 Å². The van der Waals surface area contributed by atoms with Crippen molar-refractivity contribution >= 4 is 0 Å². The van der Waals surface area contributed by atoms with Gasteiger partial charge in [0.05, 0.1) is 12.0 Å². The van der Waals surface area contributed by atoms with Crippen LogP contribution in [0.25, 0.3) is 0 Å². The van der Waals surface area contributed by atoms with Crippen LogP contribution in [-0.4, -0.2) is 35.8 Å². The number of rotatable bonds is 4. The fourth-order valence-electron chi connectivity index (χ4n) is 2.71. The largest absolute Gasteiger partial charge is 0.393 e. The molecular formula is C15H19F4NO. The molecule has 118 valence electrons. The molecule has 2 rings (SSSR count). The minimum atomic E-state index is -4.15. The van der Waals surface area contributed by atoms with E-state index in [2.05, 4.69) is 0 Å². The molecule has 1 N–H and O–H groups in total. The fraction of sp³-hybridized carbons (Fsp3) is 0.600. The number of benzene rings is 1. The van der Waals surface area contributed by atoms with E-state index in [1.165, 1.54) is 18.2 Å². The molecule has 6 heteroatoms. The molecule has 0 bridgehead atoms. The Morgan fingerprint density at radius 3 is 2.76 bits per heavy atom. The van der Waals surface area contributed by atoms with E-state index in [1.54, 1.807) is 11.0 Å². The van der Waals surface area contributed by atoms with Crippen molar-refractivity contribution in [2.45, 2.75) is 31.5 Å². The van der Waals surface area contributed by atoms with Crippen LogP contribution in [0, 0.1) is 11.7 Å². The zero-order valence-corrected chi connectivity index (χ0v) is 11.6. The highest BCUT2D eigenvalue weighted by atomic mass is 19.4. The highest BCUT2D eigenvalue weighted by molar-refractivity contribution is 5.18. The van der Waals surface area contributed by atoms with Crippen LogP contribution in [0.1, 0.15) is 30.9 Å². The SMILES string of the molecule is OC(CCN1CCCC(C(F)(F)F)C1)c1cccc(F)c1. The van der Waals surface area contributed by atoms with Crippen molar-refractivity contribution in [2.24, 2.45) is 5.92 Å². The van der Waals surface area contributed by atoms with Crippen LogP contribution in [0.4, 0.5) is 17.6 Å². The second-order valence-electron chi connectivity index (χ2n) is 5.54. The first kappa shape index (κ1) is 16.2. The number of halogens is 4. The molecule has 1 aromatic carbocycles. The molecule has 0 spiro atoms. The van der Waals surface area contributed by atoms with E-state index < -0.39 is 24.0 Å². The summed E-state index contributed by atoms with van der Waals surface area (Å²) in [5.41, 5.74) is 0.458. The van der Waals surface area contributed by atoms with Crippen molar-refractivity contribution in [1.29, 1.82) is 0 Å². The van der Waals surface area contributed by atoms with Gasteiger partial charge in [0, 0.05) is 13.1 Å². The Balaban J connectivity index is 1.85. The van der Waals surface area contributed by atoms with Gasteiger partial charge in [-0.05, 0) is 43.5 Å². The maximum Gasteiger partial charge on any atom is 0.393 e. The smallest absolute Gasteiger partial charge is 0.388 e. The lowest BCUT2D eigenvalue weighted by Gasteiger charge is -2.34. The van der Waals surface area contributed by atoms with E-state index in [1.807, 2.05) is 0 Å². The molecule has 0 saturated carbocycles. The summed E-state index contributed by atoms with van der Waals surface area (Å²) >= 11 is 0. The summed E-state index contributed by atoms with van der Waals surface area (Å²) in [4.78, 5) is 1.73. The van der Waals surface area contributed by atoms with E-state index in [0.29, 0.717) is 31.5 Å². The van der Waals surface area contributed by atoms with Crippen LogP contribution < -0.4 is 0 Å². The lowest BCUT2D eigenvalue weighted by atomic mass is 9.97. The van der Waals surface area contributed by atoms with Crippen LogP contribution in [0.15, 0.2) is 24.3 Å². The average Bonchev–Trinajstić information content (AvgIpc) is 2.44. The third-order valence-electron chi connectivity index (χ3n) is 3.92. The van der Waals surface area contributed by atoms with E-state index in [-0.39, 0.29) is 13.0 Å². The predicted octanol–water partition coefficient (Wildman–Crippen LogP) is 3.52. The molecule has 1 aliphatic rings. The first-order valence-electron chi connectivity index (χ1n) is 7.09. The van der Waals surface area contributed by atoms with Gasteiger partial charge in [0.25, 0.3) is 0 Å². The van der Waals surface area contributed by atoms with Crippen molar-refractivity contribution in [3.8, 4) is 0 Å². The summed E-state index contributed by atoms with van der Waals surface area (Å²) in [7, 11) is 0. The first-order valence-corrected chi connectivity index (χ1v) is 7.09. The molecule has 0 aromatic heterocycles. The number of piperidine rings is 1. The number of likely N-dealkylation sites (tertiary alicyclic amines) is 1. The van der Waals surface area contributed by atoms with Gasteiger partial charge in [0.2, 0.25) is 0 Å². The molecule has 0 radical (unpaired) electrons. The van der Waals surface area contributed by atoms with Gasteiger partial charge in [-0.3, -0.25) is 0 Å². The summed E-state index contributed by atoms with van der Waals surface area (Å²) in [5.74, 6) is -1.71. The number of alkyl halides is 3. The summed E-state index contributed by atoms with van der Waals surface area (Å²) in [6.45, 7) is 0.978. The van der Waals surface area contributed by atoms with Gasteiger partial charge in [0.1, 0.15) is 5.82 Å². The van der Waals surface area contributed by atoms with Crippen LogP contribution >= 0.6 is 0 Å². The zero-order chi connectivity index (χ0) is 15.5. The second-order valence-corrected chi connectivity index (χ2v) is 5.54. The van der Waals surface area contributed by atoms with Crippen molar-refractivity contribution in [3.63, 3.8) is 0 Å². The van der Waals surface area contributed by atoms with Crippen LogP contribution in [0.2, 0.25) is 0 Å². The van der Waals surface area contributed by atoms with E-state index >= 15 is 0 Å². The van der Waals surface area contributed by atoms with Gasteiger partial charge in [-0.2, -0.15) is 13.2 Å². The van der Waals surface area contributed by atoms with E-state index in [9.17, 15) is 22.7 Å². The normalized spacial score (nSPS) is 22.2. The third-order valence-corrected chi connectivity index (χ3v) is 3.92. The summed E-state index contributed by atoms with van der Waals surface area (Å²) in [6, 6.07) is 5.66. The summed E-state index contributed by atoms with van der Waals surface area (Å²) < 4.78 is 51.2. The molecule has 2 atom stereocenters. The monoisotopic (exact) mass is 305 g/mol. The molecule has 2 nitrogen and oxygen atoms in total. The topological polar surface area (TPSA) is 23.5 Å². The number of aliphatic hydroxyl groups excluding tert-OH is 1. The quantitative estimate of drug-likeness (QED) is 0.860. The predicted molar refractivity (Wildman–Crippen MR) is 71.2 cm³/mol. The standard InChI is InChI=1S/C15H19F4NO/c16-13-5-1-3-11(9-13)14(21)6-8-20-7-2-4-12(10-20)15(17,18)19/h1,3,5,9,12,14,21H,2,4,6-8,10H2. The number of hydrogen-bond acceptors (Lipinski definition) is 2. The van der Waals surface area contributed by atoms with E-state index in [0.717, 1.165) is 0 Å². The maximum atomic E-state index is 13.1. The van der Waals surface area contributed by atoms with Gasteiger partial charge < -0.3 is 10.0 Å². The Hall–Kier alpha value is -1.14. The Morgan fingerprint density at radius 1 is 1.33 bits per heavy atom. The van der Waals surface area contributed by atoms with Crippen molar-refractivity contribution in [2.75, 3.05) is 19.6 Å². The highest BCUT2D eigenvalue weighted by Gasteiger charge is 2.41. The van der Waals surface area contributed by atoms with Crippen molar-refractivity contribution in [1.82, 2.24) is 4.90 Å². The number of hydrogen-bond donors (Lipinski definition) is 1. The molecule has 1 saturated heterocycles. The molecule has 0 amide bonds. The molecular weight excluding hydrogens is 286 g/mol. The Morgan fingerprint density at radius 2 is 2.10 bits per heavy atom. The minimum Gasteiger partial charge on any atom is -0.388 e. The molecule has 1 fully saturated rings. The molecule has 1 aliphatic heterocycles. The highest BCUT2D eigenvalue weighted by Crippen LogP contribution is 2.33.